The average Bonchev–Trinajstić information content (AvgIpc) is 2.43. The average molecular weight is 288 g/mol. The van der Waals surface area contributed by atoms with Crippen LogP contribution in [0.5, 0.6) is 0 Å². The molecule has 2 aromatic rings. The molecule has 2 aliphatic heterocycles. The maximum absolute atomic E-state index is 11.9. The van der Waals surface area contributed by atoms with Gasteiger partial charge < -0.3 is 9.47 Å². The lowest BCUT2D eigenvalue weighted by Gasteiger charge is -2.24. The van der Waals surface area contributed by atoms with E-state index in [0.717, 1.165) is 0 Å². The summed E-state index contributed by atoms with van der Waals surface area (Å²) >= 11 is 0. The summed E-state index contributed by atoms with van der Waals surface area (Å²) in [5.41, 5.74) is -0.301. The molecular formula is C14H2B2O6. The fourth-order valence-corrected chi connectivity index (χ4v) is 2.82. The molecule has 0 atom stereocenters. The van der Waals surface area contributed by atoms with Crippen molar-refractivity contribution < 1.29 is 28.7 Å². The van der Waals surface area contributed by atoms with Gasteiger partial charge in [-0.3, -0.25) is 0 Å². The summed E-state index contributed by atoms with van der Waals surface area (Å²) in [6.07, 6.45) is 0. The number of esters is 4. The number of cyclic esters (lactones) is 4. The van der Waals surface area contributed by atoms with Gasteiger partial charge in [-0.05, 0) is 0 Å². The molecule has 2 aromatic carbocycles. The fraction of sp³-hybridized carbons (Fsp3) is 0. The summed E-state index contributed by atoms with van der Waals surface area (Å²) < 4.78 is 9.22. The van der Waals surface area contributed by atoms with Gasteiger partial charge in [0, 0.05) is 10.8 Å². The van der Waals surface area contributed by atoms with Crippen LogP contribution in [0.4, 0.5) is 0 Å². The number of rotatable bonds is 0. The molecular weight excluding hydrogens is 286 g/mol. The first-order valence-electron chi connectivity index (χ1n) is 6.12. The number of hydrogen-bond donors (Lipinski definition) is 0. The van der Waals surface area contributed by atoms with Gasteiger partial charge in [0.2, 0.25) is 0 Å². The van der Waals surface area contributed by atoms with Gasteiger partial charge >= 0.3 is 23.9 Å². The second-order valence-electron chi connectivity index (χ2n) is 4.88. The highest BCUT2D eigenvalue weighted by atomic mass is 16.6. The van der Waals surface area contributed by atoms with Gasteiger partial charge in [-0.25, -0.2) is 19.2 Å². The lowest BCUT2D eigenvalue weighted by Crippen LogP contribution is -2.34. The topological polar surface area (TPSA) is 86.7 Å². The van der Waals surface area contributed by atoms with E-state index in [4.69, 9.17) is 15.7 Å². The highest BCUT2D eigenvalue weighted by molar-refractivity contribution is 6.46. The molecule has 0 bridgehead atoms. The highest BCUT2D eigenvalue weighted by Gasteiger charge is 2.37. The summed E-state index contributed by atoms with van der Waals surface area (Å²) in [6.45, 7) is 0. The predicted molar refractivity (Wildman–Crippen MR) is 74.2 cm³/mol. The van der Waals surface area contributed by atoms with Gasteiger partial charge in [0.15, 0.2) is 0 Å². The van der Waals surface area contributed by atoms with Crippen molar-refractivity contribution in [2.75, 3.05) is 0 Å². The van der Waals surface area contributed by atoms with Gasteiger partial charge in [0.1, 0.15) is 15.7 Å². The second kappa shape index (κ2) is 3.85. The maximum atomic E-state index is 11.9. The number of hydrogen-bond acceptors (Lipinski definition) is 6. The Hall–Kier alpha value is -2.89. The second-order valence-corrected chi connectivity index (χ2v) is 4.88. The quantitative estimate of drug-likeness (QED) is 0.353. The molecule has 0 saturated carbocycles. The molecule has 0 spiro atoms. The minimum Gasteiger partial charge on any atom is -0.386 e. The molecule has 0 amide bonds. The monoisotopic (exact) mass is 288 g/mol. The molecule has 2 aliphatic rings. The van der Waals surface area contributed by atoms with Crippen LogP contribution in [-0.2, 0) is 9.47 Å². The Morgan fingerprint density at radius 2 is 1.00 bits per heavy atom. The summed E-state index contributed by atoms with van der Waals surface area (Å²) in [7, 11) is 11.6. The third-order valence-electron chi connectivity index (χ3n) is 3.68. The van der Waals surface area contributed by atoms with Gasteiger partial charge in [-0.1, -0.05) is 23.1 Å². The molecule has 2 heterocycles. The van der Waals surface area contributed by atoms with Crippen molar-refractivity contribution in [3.05, 3.63) is 34.4 Å². The molecule has 100 valence electrons. The van der Waals surface area contributed by atoms with Crippen molar-refractivity contribution in [2.45, 2.75) is 0 Å². The van der Waals surface area contributed by atoms with Crippen molar-refractivity contribution in [3.63, 3.8) is 0 Å². The van der Waals surface area contributed by atoms with Crippen molar-refractivity contribution in [2.24, 2.45) is 0 Å². The SMILES string of the molecule is [B]c1cc2c3c(c([B])cc4c3c1C(=O)OC4=O)C(=O)OC2=O. The third kappa shape index (κ3) is 1.36. The first kappa shape index (κ1) is 12.8. The molecule has 0 aromatic heterocycles. The molecule has 0 N–H and O–H groups in total. The molecule has 0 aliphatic carbocycles. The molecule has 4 radical (unpaired) electrons. The largest absolute Gasteiger partial charge is 0.386 e. The van der Waals surface area contributed by atoms with Crippen LogP contribution < -0.4 is 10.9 Å². The van der Waals surface area contributed by atoms with E-state index >= 15 is 0 Å². The van der Waals surface area contributed by atoms with Crippen LogP contribution in [0, 0.1) is 0 Å². The summed E-state index contributed by atoms with van der Waals surface area (Å²) in [5.74, 6) is -3.72. The van der Waals surface area contributed by atoms with E-state index in [0.29, 0.717) is 0 Å². The maximum Gasteiger partial charge on any atom is 0.346 e. The zero-order chi connectivity index (χ0) is 15.8. The number of carbonyl (C=O) groups is 4. The number of benzene rings is 2. The predicted octanol–water partition coefficient (Wildman–Crippen LogP) is -0.951. The molecule has 0 fully saturated rings. The van der Waals surface area contributed by atoms with Crippen LogP contribution in [0.25, 0.3) is 10.8 Å². The number of carbonyl (C=O) groups excluding carboxylic acids is 4. The van der Waals surface area contributed by atoms with Crippen molar-refractivity contribution in [3.8, 4) is 0 Å². The zero-order valence-electron chi connectivity index (χ0n) is 10.8. The number of ether oxygens (including phenoxy) is 2. The summed E-state index contributed by atoms with van der Waals surface area (Å²) in [6, 6.07) is 2.41. The van der Waals surface area contributed by atoms with Gasteiger partial charge in [-0.15, -0.1) is 0 Å². The fourth-order valence-electron chi connectivity index (χ4n) is 2.82. The minimum atomic E-state index is -0.941. The van der Waals surface area contributed by atoms with Crippen LogP contribution in [0.15, 0.2) is 12.1 Å². The Labute approximate surface area is 125 Å². The Kier molecular flexibility index (Phi) is 2.24. The minimum absolute atomic E-state index is 0.0260. The Balaban J connectivity index is 2.36. The van der Waals surface area contributed by atoms with Crippen LogP contribution in [0.1, 0.15) is 41.4 Å². The first-order valence-corrected chi connectivity index (χ1v) is 6.12. The normalized spacial score (nSPS) is 15.8. The van der Waals surface area contributed by atoms with E-state index in [2.05, 4.69) is 9.47 Å². The van der Waals surface area contributed by atoms with Crippen LogP contribution in [-0.4, -0.2) is 39.6 Å². The Bertz CT molecular complexity index is 896. The Morgan fingerprint density at radius 3 is 1.36 bits per heavy atom. The molecule has 0 saturated heterocycles. The molecule has 6 nitrogen and oxygen atoms in total. The van der Waals surface area contributed by atoms with Crippen molar-refractivity contribution in [1.29, 1.82) is 0 Å². The summed E-state index contributed by atoms with van der Waals surface area (Å²) in [5, 5.41) is 0.177. The van der Waals surface area contributed by atoms with E-state index < -0.39 is 23.9 Å². The van der Waals surface area contributed by atoms with Gasteiger partial charge in [0.25, 0.3) is 0 Å². The third-order valence-corrected chi connectivity index (χ3v) is 3.68. The first-order chi connectivity index (χ1) is 10.4. The standard InChI is InChI=1S/C14H2B2O6/c15-5-1-3-7-8-4(12(18)22-13(19)9(5)8)2-6(16)10(7)14(20)21-11(3)17/h1-2H. The molecule has 22 heavy (non-hydrogen) atoms. The molecule has 0 unspecified atom stereocenters. The lowest BCUT2D eigenvalue weighted by molar-refractivity contribution is 0.0367. The van der Waals surface area contributed by atoms with Crippen molar-refractivity contribution in [1.82, 2.24) is 0 Å². The van der Waals surface area contributed by atoms with E-state index in [1.54, 1.807) is 0 Å². The van der Waals surface area contributed by atoms with E-state index in [1.165, 1.54) is 12.1 Å². The summed E-state index contributed by atoms with van der Waals surface area (Å²) in [4.78, 5) is 47.6. The van der Waals surface area contributed by atoms with Gasteiger partial charge in [-0.2, -0.15) is 0 Å². The van der Waals surface area contributed by atoms with Crippen LogP contribution in [0.3, 0.4) is 0 Å². The zero-order valence-corrected chi connectivity index (χ0v) is 10.8. The van der Waals surface area contributed by atoms with E-state index in [-0.39, 0.29) is 44.0 Å². The molecule has 8 heteroatoms. The van der Waals surface area contributed by atoms with Crippen LogP contribution >= 0.6 is 0 Å². The van der Waals surface area contributed by atoms with E-state index in [9.17, 15) is 19.2 Å². The highest BCUT2D eigenvalue weighted by Crippen LogP contribution is 2.34. The smallest absolute Gasteiger partial charge is 0.346 e. The van der Waals surface area contributed by atoms with Crippen molar-refractivity contribution >= 4 is 61.3 Å². The Morgan fingerprint density at radius 1 is 0.636 bits per heavy atom. The molecule has 4 rings (SSSR count). The van der Waals surface area contributed by atoms with E-state index in [1.807, 2.05) is 0 Å². The lowest BCUT2D eigenvalue weighted by atomic mass is 9.76. The van der Waals surface area contributed by atoms with Gasteiger partial charge in [0.05, 0.1) is 22.3 Å². The van der Waals surface area contributed by atoms with Crippen LogP contribution in [0.2, 0.25) is 0 Å².